The molecule has 0 bridgehead atoms. The SMILES string of the molecule is NS(=O)(=O)c1cccc(-c2c(-c3ccc(F)cc3)cc(C(F)(F)F)nc2N2CCSC2)c1. The summed E-state index contributed by atoms with van der Waals surface area (Å²) in [6, 6.07) is 11.6. The molecule has 1 aliphatic rings. The van der Waals surface area contributed by atoms with Crippen molar-refractivity contribution in [3.8, 4) is 22.3 Å². The van der Waals surface area contributed by atoms with Crippen LogP contribution in [0, 0.1) is 5.82 Å². The van der Waals surface area contributed by atoms with Gasteiger partial charge in [-0.1, -0.05) is 24.3 Å². The molecule has 2 aromatic carbocycles. The first-order valence-electron chi connectivity index (χ1n) is 9.38. The number of primary sulfonamides is 1. The number of aromatic nitrogens is 1. The second-order valence-electron chi connectivity index (χ2n) is 7.13. The Bertz CT molecular complexity index is 1260. The lowest BCUT2D eigenvalue weighted by atomic mass is 9.94. The predicted molar refractivity (Wildman–Crippen MR) is 116 cm³/mol. The maximum atomic E-state index is 13.7. The minimum absolute atomic E-state index is 0.0794. The van der Waals surface area contributed by atoms with Gasteiger partial charge < -0.3 is 4.90 Å². The molecule has 2 N–H and O–H groups in total. The van der Waals surface area contributed by atoms with E-state index in [0.29, 0.717) is 34.9 Å². The number of thioether (sulfide) groups is 1. The molecule has 1 fully saturated rings. The van der Waals surface area contributed by atoms with Crippen LogP contribution in [-0.4, -0.2) is 31.6 Å². The molecule has 32 heavy (non-hydrogen) atoms. The van der Waals surface area contributed by atoms with Gasteiger partial charge in [-0.05, 0) is 47.0 Å². The van der Waals surface area contributed by atoms with Crippen LogP contribution in [0.15, 0.2) is 59.5 Å². The number of alkyl halides is 3. The highest BCUT2D eigenvalue weighted by Crippen LogP contribution is 2.43. The number of rotatable bonds is 4. The highest BCUT2D eigenvalue weighted by Gasteiger charge is 2.36. The van der Waals surface area contributed by atoms with Gasteiger partial charge in [0.15, 0.2) is 0 Å². The fourth-order valence-electron chi connectivity index (χ4n) is 3.46. The molecular weight excluding hydrogens is 466 g/mol. The van der Waals surface area contributed by atoms with Gasteiger partial charge in [0.2, 0.25) is 10.0 Å². The Hall–Kier alpha value is -2.63. The van der Waals surface area contributed by atoms with Crippen LogP contribution in [0.4, 0.5) is 23.4 Å². The van der Waals surface area contributed by atoms with Crippen LogP contribution in [-0.2, 0) is 16.2 Å². The Morgan fingerprint density at radius 1 is 1.03 bits per heavy atom. The standard InChI is InChI=1S/C21H17F4N3O2S2/c22-15-6-4-13(5-7-15)17-11-18(21(23,24)25)27-20(28-8-9-31-12-28)19(17)14-2-1-3-16(10-14)32(26,29)30/h1-7,10-11H,8-9,12H2,(H2,26,29,30). The second kappa shape index (κ2) is 8.38. The van der Waals surface area contributed by atoms with E-state index in [1.807, 2.05) is 0 Å². The molecule has 3 aromatic rings. The van der Waals surface area contributed by atoms with Crippen LogP contribution in [0.3, 0.4) is 0 Å². The molecule has 0 radical (unpaired) electrons. The topological polar surface area (TPSA) is 76.3 Å². The molecule has 4 rings (SSSR count). The molecule has 0 saturated carbocycles. The number of hydrogen-bond acceptors (Lipinski definition) is 5. The summed E-state index contributed by atoms with van der Waals surface area (Å²) in [7, 11) is -4.05. The zero-order valence-electron chi connectivity index (χ0n) is 16.4. The van der Waals surface area contributed by atoms with Crippen molar-refractivity contribution < 1.29 is 26.0 Å². The van der Waals surface area contributed by atoms with Crippen molar-refractivity contribution in [2.75, 3.05) is 23.1 Å². The molecule has 11 heteroatoms. The molecule has 0 aliphatic carbocycles. The Morgan fingerprint density at radius 3 is 2.34 bits per heavy atom. The summed E-state index contributed by atoms with van der Waals surface area (Å²) in [5.74, 6) is 0.683. The van der Waals surface area contributed by atoms with Gasteiger partial charge in [0.05, 0.1) is 10.8 Å². The normalized spacial score (nSPS) is 14.7. The molecule has 5 nitrogen and oxygen atoms in total. The summed E-state index contributed by atoms with van der Waals surface area (Å²) < 4.78 is 78.5. The van der Waals surface area contributed by atoms with Gasteiger partial charge in [0.25, 0.3) is 0 Å². The molecule has 1 saturated heterocycles. The molecule has 2 heterocycles. The third-order valence-corrected chi connectivity index (χ3v) is 6.83. The van der Waals surface area contributed by atoms with E-state index in [1.165, 1.54) is 30.3 Å². The lowest BCUT2D eigenvalue weighted by Crippen LogP contribution is -2.22. The van der Waals surface area contributed by atoms with Crippen molar-refractivity contribution in [3.63, 3.8) is 0 Å². The third kappa shape index (κ3) is 4.59. The van der Waals surface area contributed by atoms with Gasteiger partial charge in [-0.3, -0.25) is 0 Å². The van der Waals surface area contributed by atoms with Gasteiger partial charge in [-0.15, -0.1) is 11.8 Å². The quantitative estimate of drug-likeness (QED) is 0.543. The van der Waals surface area contributed by atoms with Crippen LogP contribution in [0.25, 0.3) is 22.3 Å². The van der Waals surface area contributed by atoms with E-state index in [0.717, 1.165) is 18.2 Å². The van der Waals surface area contributed by atoms with Crippen molar-refractivity contribution in [3.05, 3.63) is 66.1 Å². The van der Waals surface area contributed by atoms with Gasteiger partial charge >= 0.3 is 6.18 Å². The average molecular weight is 484 g/mol. The highest BCUT2D eigenvalue weighted by molar-refractivity contribution is 7.99. The highest BCUT2D eigenvalue weighted by atomic mass is 32.2. The van der Waals surface area contributed by atoms with Crippen molar-refractivity contribution in [1.82, 2.24) is 4.98 Å². The van der Waals surface area contributed by atoms with E-state index in [9.17, 15) is 26.0 Å². The molecule has 0 unspecified atom stereocenters. The third-order valence-electron chi connectivity index (χ3n) is 4.95. The minimum atomic E-state index is -4.71. The van der Waals surface area contributed by atoms with E-state index in [-0.39, 0.29) is 16.3 Å². The fraction of sp³-hybridized carbons (Fsp3) is 0.190. The number of nitrogens with zero attached hydrogens (tertiary/aromatic N) is 2. The molecule has 0 atom stereocenters. The first-order chi connectivity index (χ1) is 15.0. The zero-order valence-corrected chi connectivity index (χ0v) is 18.1. The summed E-state index contributed by atoms with van der Waals surface area (Å²) in [5, 5.41) is 5.26. The fourth-order valence-corrected chi connectivity index (χ4v) is 4.97. The van der Waals surface area contributed by atoms with Crippen LogP contribution < -0.4 is 10.0 Å². The van der Waals surface area contributed by atoms with Gasteiger partial charge in [-0.2, -0.15) is 13.2 Å². The second-order valence-corrected chi connectivity index (χ2v) is 9.77. The summed E-state index contributed by atoms with van der Waals surface area (Å²) in [4.78, 5) is 5.47. The van der Waals surface area contributed by atoms with Gasteiger partial charge in [-0.25, -0.2) is 22.9 Å². The van der Waals surface area contributed by atoms with Crippen LogP contribution in [0.2, 0.25) is 0 Å². The van der Waals surface area contributed by atoms with E-state index in [1.54, 1.807) is 22.7 Å². The maximum absolute atomic E-state index is 13.7. The number of sulfonamides is 1. The molecule has 0 amide bonds. The van der Waals surface area contributed by atoms with E-state index in [2.05, 4.69) is 4.98 Å². The summed E-state index contributed by atoms with van der Waals surface area (Å²) in [6.45, 7) is 0.476. The molecular formula is C21H17F4N3O2S2. The number of nitrogens with two attached hydrogens (primary N) is 1. The minimum Gasteiger partial charge on any atom is -0.346 e. The van der Waals surface area contributed by atoms with Crippen molar-refractivity contribution >= 4 is 27.6 Å². The maximum Gasteiger partial charge on any atom is 0.433 e. The Labute approximate surface area is 186 Å². The Balaban J connectivity index is 2.07. The van der Waals surface area contributed by atoms with Gasteiger partial charge in [0.1, 0.15) is 17.3 Å². The molecule has 1 aliphatic heterocycles. The zero-order chi connectivity index (χ0) is 23.1. The molecule has 168 valence electrons. The Morgan fingerprint density at radius 2 is 1.75 bits per heavy atom. The average Bonchev–Trinajstić information content (AvgIpc) is 3.27. The van der Waals surface area contributed by atoms with Gasteiger partial charge in [0, 0.05) is 17.9 Å². The number of halogens is 4. The number of pyridine rings is 1. The number of hydrogen-bond donors (Lipinski definition) is 1. The number of anilines is 1. The van der Waals surface area contributed by atoms with Crippen molar-refractivity contribution in [1.29, 1.82) is 0 Å². The van der Waals surface area contributed by atoms with E-state index >= 15 is 0 Å². The monoisotopic (exact) mass is 483 g/mol. The largest absolute Gasteiger partial charge is 0.433 e. The first-order valence-corrected chi connectivity index (χ1v) is 12.1. The summed E-state index contributed by atoms with van der Waals surface area (Å²) in [5.41, 5.74) is 0.0610. The Kier molecular flexibility index (Phi) is 5.91. The van der Waals surface area contributed by atoms with Crippen LogP contribution in [0.1, 0.15) is 5.69 Å². The molecule has 0 spiro atoms. The number of benzene rings is 2. The van der Waals surface area contributed by atoms with Crippen LogP contribution >= 0.6 is 11.8 Å². The lowest BCUT2D eigenvalue weighted by molar-refractivity contribution is -0.141. The first kappa shape index (κ1) is 22.6. The van der Waals surface area contributed by atoms with E-state index in [4.69, 9.17) is 5.14 Å². The van der Waals surface area contributed by atoms with Crippen molar-refractivity contribution in [2.24, 2.45) is 5.14 Å². The summed E-state index contributed by atoms with van der Waals surface area (Å²) in [6.07, 6.45) is -4.71. The lowest BCUT2D eigenvalue weighted by Gasteiger charge is -2.24. The van der Waals surface area contributed by atoms with Crippen molar-refractivity contribution in [2.45, 2.75) is 11.1 Å². The predicted octanol–water partition coefficient (Wildman–Crippen LogP) is 4.73. The smallest absolute Gasteiger partial charge is 0.346 e. The van der Waals surface area contributed by atoms with Crippen LogP contribution in [0.5, 0.6) is 0 Å². The molecule has 1 aromatic heterocycles. The van der Waals surface area contributed by atoms with E-state index < -0.39 is 27.7 Å². The summed E-state index contributed by atoms with van der Waals surface area (Å²) >= 11 is 1.54.